The van der Waals surface area contributed by atoms with Gasteiger partial charge in [-0.2, -0.15) is 13.2 Å². The van der Waals surface area contributed by atoms with Crippen molar-refractivity contribution in [3.05, 3.63) is 95.1 Å². The summed E-state index contributed by atoms with van der Waals surface area (Å²) >= 11 is 0. The van der Waals surface area contributed by atoms with Crippen LogP contribution in [0.2, 0.25) is 0 Å². The van der Waals surface area contributed by atoms with Crippen LogP contribution in [0.25, 0.3) is 10.8 Å². The van der Waals surface area contributed by atoms with E-state index in [2.05, 4.69) is 27.0 Å². The van der Waals surface area contributed by atoms with Crippen LogP contribution in [0.4, 0.5) is 23.2 Å². The van der Waals surface area contributed by atoms with Crippen LogP contribution in [-0.2, 0) is 17.5 Å². The van der Waals surface area contributed by atoms with E-state index in [1.54, 1.807) is 12.4 Å². The topological polar surface area (TPSA) is 48.5 Å². The third kappa shape index (κ3) is 6.41. The lowest BCUT2D eigenvalue weighted by atomic mass is 9.94. The summed E-state index contributed by atoms with van der Waals surface area (Å²) in [5.41, 5.74) is 0.104. The molecule has 0 spiro atoms. The number of benzene rings is 2. The van der Waals surface area contributed by atoms with Crippen molar-refractivity contribution in [2.24, 2.45) is 5.92 Å². The van der Waals surface area contributed by atoms with Gasteiger partial charge in [-0.15, -0.1) is 0 Å². The lowest BCUT2D eigenvalue weighted by molar-refractivity contribution is -0.138. The number of aromatic nitrogens is 1. The van der Waals surface area contributed by atoms with Gasteiger partial charge < -0.3 is 10.2 Å². The highest BCUT2D eigenvalue weighted by Gasteiger charge is 2.34. The zero-order valence-electron chi connectivity index (χ0n) is 21.9. The van der Waals surface area contributed by atoms with Crippen molar-refractivity contribution in [1.82, 2.24) is 14.8 Å². The normalized spacial score (nSPS) is 18.5. The molecule has 1 atom stereocenters. The number of carbonyl (C=O) groups excluding carboxylic acids is 1. The Morgan fingerprint density at radius 1 is 1.07 bits per heavy atom. The molecule has 1 N–H and O–H groups in total. The number of anilines is 1. The van der Waals surface area contributed by atoms with Gasteiger partial charge in [0.1, 0.15) is 5.83 Å². The van der Waals surface area contributed by atoms with Crippen LogP contribution in [0.3, 0.4) is 0 Å². The molecule has 1 fully saturated rings. The fourth-order valence-corrected chi connectivity index (χ4v) is 4.86. The number of alkyl halides is 3. The molecule has 5 rings (SSSR count). The number of halogens is 4. The van der Waals surface area contributed by atoms with Crippen LogP contribution in [-0.4, -0.2) is 53.9 Å². The van der Waals surface area contributed by atoms with Gasteiger partial charge in [-0.05, 0) is 37.2 Å². The average molecular weight is 549 g/mol. The van der Waals surface area contributed by atoms with Gasteiger partial charge in [0.25, 0.3) is 0 Å². The number of rotatable bonds is 4. The summed E-state index contributed by atoms with van der Waals surface area (Å²) in [5, 5.41) is 4.35. The third-order valence-corrected chi connectivity index (χ3v) is 7.19. The number of nitrogens with zero attached hydrogens (tertiary/aromatic N) is 3. The second kappa shape index (κ2) is 11.6. The highest BCUT2D eigenvalue weighted by molar-refractivity contribution is 5.94. The van der Waals surface area contributed by atoms with E-state index in [0.29, 0.717) is 18.7 Å². The molecule has 5 nitrogen and oxygen atoms in total. The molecule has 0 radical (unpaired) electrons. The first-order valence-corrected chi connectivity index (χ1v) is 13.0. The Hall–Kier alpha value is -4.00. The SMILES string of the molecule is CN1CCN(Cc2ccc(NC(=O)C3C=C(C#Cc4cncc5ccccc45)C(F)=CC3)cc2C(F)(F)F)CC1. The summed E-state index contributed by atoms with van der Waals surface area (Å²) in [6.45, 7) is 3.15. The van der Waals surface area contributed by atoms with Gasteiger partial charge in [-0.25, -0.2) is 4.39 Å². The molecule has 2 aromatic carbocycles. The third-order valence-electron chi connectivity index (χ3n) is 7.19. The van der Waals surface area contributed by atoms with Crippen LogP contribution in [0.1, 0.15) is 23.1 Å². The standard InChI is InChI=1S/C31H28F4N4O/c1-38-12-14-39(15-13-38)20-25-8-10-26(17-28(25)31(33,34)35)37-30(40)22-9-11-29(32)21(16-22)6-7-24-19-36-18-23-4-2-3-5-27(23)24/h2-5,8,10-11,16-19,22H,9,12-15,20H2,1H3,(H,37,40). The van der Waals surface area contributed by atoms with Gasteiger partial charge in [0.15, 0.2) is 0 Å². The van der Waals surface area contributed by atoms with Crippen molar-refractivity contribution >= 4 is 22.4 Å². The quantitative estimate of drug-likeness (QED) is 0.331. The first kappa shape index (κ1) is 27.6. The number of hydrogen-bond acceptors (Lipinski definition) is 4. The minimum Gasteiger partial charge on any atom is -0.326 e. The maximum atomic E-state index is 14.6. The summed E-state index contributed by atoms with van der Waals surface area (Å²) < 4.78 is 56.4. The molecule has 1 amide bonds. The number of allylic oxidation sites excluding steroid dienone is 3. The summed E-state index contributed by atoms with van der Waals surface area (Å²) in [6, 6.07) is 11.4. The molecular weight excluding hydrogens is 520 g/mol. The Balaban J connectivity index is 1.33. The molecule has 1 unspecified atom stereocenters. The first-order chi connectivity index (χ1) is 19.2. The van der Waals surface area contributed by atoms with E-state index < -0.39 is 29.4 Å². The molecule has 1 aliphatic heterocycles. The van der Waals surface area contributed by atoms with Crippen molar-refractivity contribution in [3.8, 4) is 11.8 Å². The minimum absolute atomic E-state index is 0.0392. The zero-order chi connectivity index (χ0) is 28.3. The van der Waals surface area contributed by atoms with Crippen molar-refractivity contribution < 1.29 is 22.4 Å². The second-order valence-corrected chi connectivity index (χ2v) is 10.1. The number of nitrogens with one attached hydrogen (secondary N) is 1. The van der Waals surface area contributed by atoms with E-state index in [1.165, 1.54) is 24.3 Å². The smallest absolute Gasteiger partial charge is 0.326 e. The van der Waals surface area contributed by atoms with Gasteiger partial charge in [-0.1, -0.05) is 48.2 Å². The Morgan fingerprint density at radius 2 is 1.85 bits per heavy atom. The van der Waals surface area contributed by atoms with E-state index in [-0.39, 0.29) is 29.8 Å². The number of fused-ring (bicyclic) bond motifs is 1. The lowest BCUT2D eigenvalue weighted by Gasteiger charge is -2.33. The Labute approximate surface area is 230 Å². The Morgan fingerprint density at radius 3 is 2.62 bits per heavy atom. The maximum Gasteiger partial charge on any atom is 0.416 e. The van der Waals surface area contributed by atoms with Gasteiger partial charge >= 0.3 is 6.18 Å². The highest BCUT2D eigenvalue weighted by atomic mass is 19.4. The molecule has 2 aliphatic rings. The van der Waals surface area contributed by atoms with E-state index in [9.17, 15) is 22.4 Å². The van der Waals surface area contributed by atoms with E-state index in [0.717, 1.165) is 29.9 Å². The van der Waals surface area contributed by atoms with E-state index in [1.807, 2.05) is 36.2 Å². The minimum atomic E-state index is -4.57. The van der Waals surface area contributed by atoms with Crippen molar-refractivity contribution in [3.63, 3.8) is 0 Å². The molecule has 1 aromatic heterocycles. The molecular formula is C31H28F4N4O. The van der Waals surface area contributed by atoms with E-state index in [4.69, 9.17) is 0 Å². The van der Waals surface area contributed by atoms with Crippen LogP contribution in [0, 0.1) is 17.8 Å². The molecule has 0 saturated carbocycles. The number of hydrogen-bond donors (Lipinski definition) is 1. The van der Waals surface area contributed by atoms with Crippen molar-refractivity contribution in [2.75, 3.05) is 38.5 Å². The van der Waals surface area contributed by atoms with Crippen LogP contribution in [0.5, 0.6) is 0 Å². The fraction of sp³-hybridized carbons (Fsp3) is 0.290. The number of carbonyl (C=O) groups is 1. The summed E-state index contributed by atoms with van der Waals surface area (Å²) in [4.78, 5) is 21.3. The molecule has 1 aliphatic carbocycles. The molecule has 2 heterocycles. The van der Waals surface area contributed by atoms with Crippen LogP contribution >= 0.6 is 0 Å². The second-order valence-electron chi connectivity index (χ2n) is 10.1. The van der Waals surface area contributed by atoms with Crippen LogP contribution < -0.4 is 5.32 Å². The van der Waals surface area contributed by atoms with Gasteiger partial charge in [0.2, 0.25) is 5.91 Å². The molecule has 1 saturated heterocycles. The van der Waals surface area contributed by atoms with Crippen molar-refractivity contribution in [1.29, 1.82) is 0 Å². The first-order valence-electron chi connectivity index (χ1n) is 13.0. The fourth-order valence-electron chi connectivity index (χ4n) is 4.86. The Kier molecular flexibility index (Phi) is 8.01. The highest BCUT2D eigenvalue weighted by Crippen LogP contribution is 2.35. The monoisotopic (exact) mass is 548 g/mol. The van der Waals surface area contributed by atoms with E-state index >= 15 is 0 Å². The van der Waals surface area contributed by atoms with Crippen molar-refractivity contribution in [2.45, 2.75) is 19.1 Å². The number of likely N-dealkylation sites (N-methyl/N-ethyl adjacent to an activating group) is 1. The summed E-state index contributed by atoms with van der Waals surface area (Å²) in [5.74, 6) is 3.88. The lowest BCUT2D eigenvalue weighted by Crippen LogP contribution is -2.44. The molecule has 206 valence electrons. The van der Waals surface area contributed by atoms with Gasteiger partial charge in [0, 0.05) is 61.6 Å². The predicted octanol–water partition coefficient (Wildman–Crippen LogP) is 5.79. The predicted molar refractivity (Wildman–Crippen MR) is 147 cm³/mol. The number of pyridine rings is 1. The molecule has 9 heteroatoms. The molecule has 40 heavy (non-hydrogen) atoms. The summed E-state index contributed by atoms with van der Waals surface area (Å²) in [6.07, 6.45) is 1.50. The number of piperazine rings is 1. The average Bonchev–Trinajstić information content (AvgIpc) is 2.94. The maximum absolute atomic E-state index is 14.6. The van der Waals surface area contributed by atoms with Crippen LogP contribution in [0.15, 0.2) is 78.4 Å². The Bertz CT molecular complexity index is 1540. The van der Waals surface area contributed by atoms with Gasteiger partial charge in [0.05, 0.1) is 22.6 Å². The number of amides is 1. The largest absolute Gasteiger partial charge is 0.416 e. The molecule has 0 bridgehead atoms. The van der Waals surface area contributed by atoms with Gasteiger partial charge in [-0.3, -0.25) is 14.7 Å². The summed E-state index contributed by atoms with van der Waals surface area (Å²) in [7, 11) is 1.99. The molecule has 3 aromatic rings. The zero-order valence-corrected chi connectivity index (χ0v) is 21.9.